The average Bonchev–Trinajstić information content (AvgIpc) is 2.62. The van der Waals surface area contributed by atoms with Gasteiger partial charge in [-0.3, -0.25) is 4.79 Å². The van der Waals surface area contributed by atoms with E-state index in [-0.39, 0.29) is 6.29 Å². The number of ether oxygens (including phenoxy) is 1. The van der Waals surface area contributed by atoms with Gasteiger partial charge >= 0.3 is 0 Å². The fourth-order valence-electron chi connectivity index (χ4n) is 2.89. The van der Waals surface area contributed by atoms with E-state index in [2.05, 4.69) is 0 Å². The molecule has 0 radical (unpaired) electrons. The highest BCUT2D eigenvalue weighted by Gasteiger charge is 2.59. The highest BCUT2D eigenvalue weighted by atomic mass is 16.6. The fourth-order valence-corrected chi connectivity index (χ4v) is 2.89. The molecule has 12 nitrogen and oxygen atoms in total. The minimum Gasteiger partial charge on any atom is -0.394 e. The van der Waals surface area contributed by atoms with Crippen molar-refractivity contribution in [1.82, 2.24) is 5.32 Å². The van der Waals surface area contributed by atoms with Crippen LogP contribution in [-0.4, -0.2) is 121 Å². The number of hydrogen-bond donors (Lipinski definition) is 9. The first-order valence-electron chi connectivity index (χ1n) is 7.78. The molecule has 9 atom stereocenters. The summed E-state index contributed by atoms with van der Waals surface area (Å²) in [5.74, 6) is -0.768. The third-order valence-corrected chi connectivity index (χ3v) is 4.39. The maximum absolute atomic E-state index is 11.2. The summed E-state index contributed by atoms with van der Waals surface area (Å²) < 4.78 is 5.12. The monoisotopic (exact) mass is 383 g/mol. The van der Waals surface area contributed by atoms with Crippen molar-refractivity contribution in [3.63, 3.8) is 0 Å². The average molecular weight is 383 g/mol. The minimum atomic E-state index is -2.98. The molecule has 1 heterocycles. The van der Waals surface area contributed by atoms with E-state index in [1.165, 1.54) is 0 Å². The molecule has 0 bridgehead atoms. The van der Waals surface area contributed by atoms with Crippen molar-refractivity contribution in [3.05, 3.63) is 0 Å². The molecule has 0 spiro atoms. The zero-order valence-corrected chi connectivity index (χ0v) is 13.9. The number of aliphatic hydroxyl groups is 8. The number of carbonyl (C=O) groups excluding carboxylic acids is 2. The Morgan fingerprint density at radius 2 is 1.77 bits per heavy atom. The van der Waals surface area contributed by atoms with E-state index in [1.54, 1.807) is 0 Å². The van der Waals surface area contributed by atoms with Gasteiger partial charge < -0.3 is 55.7 Å². The van der Waals surface area contributed by atoms with E-state index in [4.69, 9.17) is 4.74 Å². The summed E-state index contributed by atoms with van der Waals surface area (Å²) in [5, 5.41) is 81.5. The summed E-state index contributed by atoms with van der Waals surface area (Å²) >= 11 is 0. The molecule has 1 rings (SSSR count). The van der Waals surface area contributed by atoms with Crippen LogP contribution < -0.4 is 5.32 Å². The molecule has 1 saturated heterocycles. The molecule has 1 fully saturated rings. The van der Waals surface area contributed by atoms with Crippen LogP contribution in [-0.2, 0) is 14.3 Å². The lowest BCUT2D eigenvalue weighted by Gasteiger charge is -2.50. The van der Waals surface area contributed by atoms with Crippen molar-refractivity contribution in [1.29, 1.82) is 0 Å². The fraction of sp³-hybridized carbons (Fsp3) is 0.857. The van der Waals surface area contributed by atoms with E-state index in [0.717, 1.165) is 6.92 Å². The largest absolute Gasteiger partial charge is 0.394 e. The second-order valence-corrected chi connectivity index (χ2v) is 6.14. The van der Waals surface area contributed by atoms with Gasteiger partial charge in [0.05, 0.1) is 13.2 Å². The van der Waals surface area contributed by atoms with E-state index < -0.39 is 73.5 Å². The van der Waals surface area contributed by atoms with Crippen molar-refractivity contribution < 1.29 is 55.2 Å². The number of nitrogens with one attached hydrogen (secondary N) is 1. The van der Waals surface area contributed by atoms with Gasteiger partial charge in [-0.05, 0) is 0 Å². The highest BCUT2D eigenvalue weighted by Crippen LogP contribution is 2.33. The molecule has 12 heteroatoms. The molecular weight excluding hydrogens is 358 g/mol. The number of hydrogen-bond acceptors (Lipinski definition) is 11. The molecule has 0 aromatic heterocycles. The molecule has 0 aromatic rings. The Kier molecular flexibility index (Phi) is 8.01. The number of aldehydes is 1. The molecule has 0 aromatic carbocycles. The second kappa shape index (κ2) is 9.12. The first-order chi connectivity index (χ1) is 12.1. The maximum Gasteiger partial charge on any atom is 0.217 e. The lowest BCUT2D eigenvalue weighted by atomic mass is 9.76. The number of aliphatic hydroxyl groups excluding tert-OH is 7. The Bertz CT molecular complexity index is 490. The van der Waals surface area contributed by atoms with Crippen LogP contribution in [0.15, 0.2) is 0 Å². The normalized spacial score (nSPS) is 35.0. The van der Waals surface area contributed by atoms with Crippen LogP contribution in [0.4, 0.5) is 0 Å². The second-order valence-electron chi connectivity index (χ2n) is 6.14. The van der Waals surface area contributed by atoms with Gasteiger partial charge in [0.2, 0.25) is 5.91 Å². The lowest BCUT2D eigenvalue weighted by molar-refractivity contribution is -0.305. The summed E-state index contributed by atoms with van der Waals surface area (Å²) in [5.41, 5.74) is -2.98. The number of rotatable bonds is 8. The summed E-state index contributed by atoms with van der Waals surface area (Å²) in [4.78, 5) is 22.3. The van der Waals surface area contributed by atoms with Gasteiger partial charge in [-0.15, -0.1) is 0 Å². The SMILES string of the molecule is CC(=O)N[C@@H](C=O)[C@@H](O)[C@](O)([C@H](O)CO)[C@H]1O[C@H](CO)[C@@H](O)[C@H](O)[C@H]1O. The highest BCUT2D eigenvalue weighted by molar-refractivity contribution is 5.77. The van der Waals surface area contributed by atoms with Crippen molar-refractivity contribution in [2.24, 2.45) is 0 Å². The minimum absolute atomic E-state index is 0.0468. The summed E-state index contributed by atoms with van der Waals surface area (Å²) in [6, 6.07) is -1.77. The van der Waals surface area contributed by atoms with Crippen LogP contribution in [0, 0.1) is 0 Å². The van der Waals surface area contributed by atoms with Gasteiger partial charge in [0, 0.05) is 6.92 Å². The van der Waals surface area contributed by atoms with E-state index in [9.17, 15) is 50.4 Å². The first kappa shape index (κ1) is 22.8. The van der Waals surface area contributed by atoms with Gasteiger partial charge in [-0.1, -0.05) is 0 Å². The van der Waals surface area contributed by atoms with E-state index in [1.807, 2.05) is 5.32 Å². The van der Waals surface area contributed by atoms with Crippen molar-refractivity contribution >= 4 is 12.2 Å². The maximum atomic E-state index is 11.2. The van der Waals surface area contributed by atoms with E-state index >= 15 is 0 Å². The van der Waals surface area contributed by atoms with Crippen molar-refractivity contribution in [2.75, 3.05) is 13.2 Å². The predicted octanol–water partition coefficient (Wildman–Crippen LogP) is -6.02. The summed E-state index contributed by atoms with van der Waals surface area (Å²) in [6.45, 7) is -1.00. The zero-order chi connectivity index (χ0) is 20.2. The van der Waals surface area contributed by atoms with Gasteiger partial charge in [0.1, 0.15) is 60.7 Å². The molecule has 0 unspecified atom stereocenters. The Hall–Kier alpha value is -1.22. The van der Waals surface area contributed by atoms with Crippen LogP contribution in [0.25, 0.3) is 0 Å². The van der Waals surface area contributed by atoms with Crippen LogP contribution in [0.3, 0.4) is 0 Å². The molecule has 1 aliphatic heterocycles. The molecule has 9 N–H and O–H groups in total. The molecular formula is C14H25NO11. The first-order valence-corrected chi connectivity index (χ1v) is 7.78. The standard InChI is InChI=1S/C14H25NO11/c1-5(19)15-6(2-16)12(24)14(25,8(20)4-18)13-11(23)10(22)9(21)7(3-17)26-13/h2,6-13,17-18,20-25H,3-4H2,1H3,(H,15,19)/t6-,7+,8+,9+,10-,11+,12+,13-,14+/m0/s1. The third kappa shape index (κ3) is 4.19. The zero-order valence-electron chi connectivity index (χ0n) is 13.9. The Morgan fingerprint density at radius 3 is 2.19 bits per heavy atom. The predicted molar refractivity (Wildman–Crippen MR) is 81.5 cm³/mol. The van der Waals surface area contributed by atoms with Crippen LogP contribution >= 0.6 is 0 Å². The molecule has 26 heavy (non-hydrogen) atoms. The van der Waals surface area contributed by atoms with Crippen LogP contribution in [0.1, 0.15) is 6.92 Å². The van der Waals surface area contributed by atoms with Gasteiger partial charge in [-0.25, -0.2) is 0 Å². The quantitative estimate of drug-likeness (QED) is 0.180. The summed E-state index contributed by atoms with van der Waals surface area (Å²) in [7, 11) is 0. The third-order valence-electron chi connectivity index (χ3n) is 4.39. The molecule has 1 amide bonds. The van der Waals surface area contributed by atoms with Crippen LogP contribution in [0.5, 0.6) is 0 Å². The molecule has 152 valence electrons. The van der Waals surface area contributed by atoms with Gasteiger partial charge in [-0.2, -0.15) is 0 Å². The van der Waals surface area contributed by atoms with Crippen molar-refractivity contribution in [3.8, 4) is 0 Å². The van der Waals surface area contributed by atoms with Gasteiger partial charge in [0.25, 0.3) is 0 Å². The Morgan fingerprint density at radius 1 is 1.19 bits per heavy atom. The van der Waals surface area contributed by atoms with Gasteiger partial charge in [0.15, 0.2) is 0 Å². The van der Waals surface area contributed by atoms with E-state index in [0.29, 0.717) is 0 Å². The Balaban J connectivity index is 3.33. The number of carbonyl (C=O) groups is 2. The topological polar surface area (TPSA) is 217 Å². The van der Waals surface area contributed by atoms with Crippen molar-refractivity contribution in [2.45, 2.75) is 61.3 Å². The molecule has 0 saturated carbocycles. The molecule has 1 aliphatic rings. The molecule has 0 aliphatic carbocycles. The summed E-state index contributed by atoms with van der Waals surface area (Å²) in [6.07, 6.45) is -13.8. The smallest absolute Gasteiger partial charge is 0.217 e. The lowest BCUT2D eigenvalue weighted by Crippen LogP contribution is -2.74. The Labute approximate surface area is 148 Å². The van der Waals surface area contributed by atoms with Crippen LogP contribution in [0.2, 0.25) is 0 Å². The number of amides is 1.